The van der Waals surface area contributed by atoms with Crippen molar-refractivity contribution in [2.24, 2.45) is 0 Å². The second-order valence-corrected chi connectivity index (χ2v) is 5.17. The van der Waals surface area contributed by atoms with Crippen molar-refractivity contribution >= 4 is 11.8 Å². The third-order valence-corrected chi connectivity index (χ3v) is 2.63. The lowest BCUT2D eigenvalue weighted by Gasteiger charge is -2.22. The fourth-order valence-electron chi connectivity index (χ4n) is 1.70. The Hall–Kier alpha value is -1.51. The lowest BCUT2D eigenvalue weighted by Crippen LogP contribution is -2.14. The van der Waals surface area contributed by atoms with Crippen LogP contribution in [0.15, 0.2) is 12.1 Å². The molecule has 0 bridgehead atoms. The Balaban J connectivity index is 3.23. The fourth-order valence-corrected chi connectivity index (χ4v) is 1.70. The van der Waals surface area contributed by atoms with Gasteiger partial charge in [0.1, 0.15) is 0 Å². The third-order valence-electron chi connectivity index (χ3n) is 2.63. The van der Waals surface area contributed by atoms with E-state index in [1.54, 1.807) is 0 Å². The summed E-state index contributed by atoms with van der Waals surface area (Å²) in [6, 6.07) is 4.08. The van der Waals surface area contributed by atoms with Crippen LogP contribution in [0.2, 0.25) is 0 Å². The van der Waals surface area contributed by atoms with E-state index in [-0.39, 0.29) is 5.41 Å². The van der Waals surface area contributed by atoms with Crippen molar-refractivity contribution in [2.75, 3.05) is 5.32 Å². The van der Waals surface area contributed by atoms with Gasteiger partial charge in [0.05, 0.1) is 0 Å². The maximum atomic E-state index is 10.6. The normalized spacial score (nSPS) is 11.3. The van der Waals surface area contributed by atoms with E-state index < -0.39 is 6.09 Å². The van der Waals surface area contributed by atoms with Gasteiger partial charge in [-0.15, -0.1) is 0 Å². The van der Waals surface area contributed by atoms with E-state index in [0.717, 1.165) is 11.1 Å². The molecule has 0 aromatic heterocycles. The Labute approximate surface area is 96.5 Å². The van der Waals surface area contributed by atoms with Crippen molar-refractivity contribution < 1.29 is 9.90 Å². The highest BCUT2D eigenvalue weighted by Crippen LogP contribution is 2.29. The topological polar surface area (TPSA) is 49.3 Å². The second kappa shape index (κ2) is 4.16. The molecule has 0 radical (unpaired) electrons. The summed E-state index contributed by atoms with van der Waals surface area (Å²) in [5.74, 6) is 0. The predicted molar refractivity (Wildman–Crippen MR) is 66.3 cm³/mol. The number of nitrogens with one attached hydrogen (secondary N) is 1. The molecule has 3 heteroatoms. The molecule has 0 unspecified atom stereocenters. The molecule has 0 fully saturated rings. The average molecular weight is 221 g/mol. The van der Waals surface area contributed by atoms with Gasteiger partial charge >= 0.3 is 6.09 Å². The van der Waals surface area contributed by atoms with Gasteiger partial charge < -0.3 is 5.11 Å². The van der Waals surface area contributed by atoms with E-state index >= 15 is 0 Å². The van der Waals surface area contributed by atoms with Crippen LogP contribution in [0.25, 0.3) is 0 Å². The van der Waals surface area contributed by atoms with Gasteiger partial charge in [-0.2, -0.15) is 0 Å². The molecular weight excluding hydrogens is 202 g/mol. The summed E-state index contributed by atoms with van der Waals surface area (Å²) in [4.78, 5) is 10.6. The molecule has 0 heterocycles. The Bertz CT molecular complexity index is 393. The Kier molecular flexibility index (Phi) is 3.27. The van der Waals surface area contributed by atoms with Crippen LogP contribution in [0.3, 0.4) is 0 Å². The standard InChI is InChI=1S/C13H19NO2/c1-8-6-10(13(3,4)5)7-9(2)11(8)14-12(15)16/h6-7,14H,1-5H3,(H,15,16). The molecule has 1 aromatic carbocycles. The molecule has 88 valence electrons. The van der Waals surface area contributed by atoms with Crippen LogP contribution in [0, 0.1) is 13.8 Å². The Morgan fingerprint density at radius 1 is 1.19 bits per heavy atom. The molecule has 0 aliphatic rings. The van der Waals surface area contributed by atoms with Crippen molar-refractivity contribution in [2.45, 2.75) is 40.0 Å². The van der Waals surface area contributed by atoms with E-state index in [0.29, 0.717) is 5.69 Å². The number of hydrogen-bond donors (Lipinski definition) is 2. The minimum absolute atomic E-state index is 0.0806. The molecular formula is C13H19NO2. The number of hydrogen-bond acceptors (Lipinski definition) is 1. The first kappa shape index (κ1) is 12.6. The monoisotopic (exact) mass is 221 g/mol. The SMILES string of the molecule is Cc1cc(C(C)(C)C)cc(C)c1NC(=O)O. The van der Waals surface area contributed by atoms with Crippen LogP contribution in [0.5, 0.6) is 0 Å². The number of benzene rings is 1. The van der Waals surface area contributed by atoms with E-state index in [1.807, 2.05) is 26.0 Å². The van der Waals surface area contributed by atoms with Crippen molar-refractivity contribution in [1.82, 2.24) is 0 Å². The summed E-state index contributed by atoms with van der Waals surface area (Å²) < 4.78 is 0. The summed E-state index contributed by atoms with van der Waals surface area (Å²) in [7, 11) is 0. The van der Waals surface area contributed by atoms with Crippen molar-refractivity contribution in [3.63, 3.8) is 0 Å². The molecule has 0 saturated carbocycles. The van der Waals surface area contributed by atoms with Crippen molar-refractivity contribution in [1.29, 1.82) is 0 Å². The van der Waals surface area contributed by atoms with Gasteiger partial charge in [-0.1, -0.05) is 32.9 Å². The predicted octanol–water partition coefficient (Wildman–Crippen LogP) is 3.69. The maximum absolute atomic E-state index is 10.6. The smallest absolute Gasteiger partial charge is 0.409 e. The van der Waals surface area contributed by atoms with Gasteiger partial charge in [-0.25, -0.2) is 4.79 Å². The van der Waals surface area contributed by atoms with E-state index in [9.17, 15) is 4.79 Å². The zero-order chi connectivity index (χ0) is 12.5. The lowest BCUT2D eigenvalue weighted by atomic mass is 9.85. The van der Waals surface area contributed by atoms with Crippen LogP contribution in [-0.4, -0.2) is 11.2 Å². The van der Waals surface area contributed by atoms with E-state index in [4.69, 9.17) is 5.11 Å². The van der Waals surface area contributed by atoms with E-state index in [2.05, 4.69) is 26.1 Å². The first-order valence-corrected chi connectivity index (χ1v) is 5.33. The molecule has 0 aliphatic carbocycles. The third kappa shape index (κ3) is 2.75. The molecule has 2 N–H and O–H groups in total. The van der Waals surface area contributed by atoms with Crippen LogP contribution in [-0.2, 0) is 5.41 Å². The number of carbonyl (C=O) groups is 1. The fraction of sp³-hybridized carbons (Fsp3) is 0.462. The molecule has 1 amide bonds. The van der Waals surface area contributed by atoms with Gasteiger partial charge in [0, 0.05) is 5.69 Å². The number of amides is 1. The summed E-state index contributed by atoms with van der Waals surface area (Å²) in [6.45, 7) is 10.3. The van der Waals surface area contributed by atoms with Crippen LogP contribution in [0.1, 0.15) is 37.5 Å². The van der Waals surface area contributed by atoms with Crippen LogP contribution < -0.4 is 5.32 Å². The largest absolute Gasteiger partial charge is 0.465 e. The lowest BCUT2D eigenvalue weighted by molar-refractivity contribution is 0.209. The number of anilines is 1. The van der Waals surface area contributed by atoms with Crippen molar-refractivity contribution in [3.8, 4) is 0 Å². The van der Waals surface area contributed by atoms with Crippen LogP contribution >= 0.6 is 0 Å². The van der Waals surface area contributed by atoms with Gasteiger partial charge in [0.25, 0.3) is 0 Å². The summed E-state index contributed by atoms with van der Waals surface area (Å²) >= 11 is 0. The number of rotatable bonds is 1. The first-order valence-electron chi connectivity index (χ1n) is 5.33. The number of aryl methyl sites for hydroxylation is 2. The maximum Gasteiger partial charge on any atom is 0.409 e. The highest BCUT2D eigenvalue weighted by Gasteiger charge is 2.16. The zero-order valence-corrected chi connectivity index (χ0v) is 10.5. The second-order valence-electron chi connectivity index (χ2n) is 5.17. The quantitative estimate of drug-likeness (QED) is 0.759. The first-order chi connectivity index (χ1) is 7.21. The van der Waals surface area contributed by atoms with Gasteiger partial charge in [0.15, 0.2) is 0 Å². The molecule has 0 aliphatic heterocycles. The molecule has 16 heavy (non-hydrogen) atoms. The zero-order valence-electron chi connectivity index (χ0n) is 10.5. The summed E-state index contributed by atoms with van der Waals surface area (Å²) in [5.41, 5.74) is 3.93. The molecule has 3 nitrogen and oxygen atoms in total. The van der Waals surface area contributed by atoms with Crippen molar-refractivity contribution in [3.05, 3.63) is 28.8 Å². The highest BCUT2D eigenvalue weighted by molar-refractivity contribution is 5.85. The summed E-state index contributed by atoms with van der Waals surface area (Å²) in [5, 5.41) is 11.2. The summed E-state index contributed by atoms with van der Waals surface area (Å²) in [6.07, 6.45) is -1.02. The van der Waals surface area contributed by atoms with Gasteiger partial charge in [0.2, 0.25) is 0 Å². The Morgan fingerprint density at radius 3 is 1.94 bits per heavy atom. The van der Waals surface area contributed by atoms with E-state index in [1.165, 1.54) is 5.56 Å². The molecule has 0 saturated heterocycles. The molecule has 1 aromatic rings. The highest BCUT2D eigenvalue weighted by atomic mass is 16.4. The molecule has 0 spiro atoms. The van der Waals surface area contributed by atoms with Crippen LogP contribution in [0.4, 0.5) is 10.5 Å². The van der Waals surface area contributed by atoms with Gasteiger partial charge in [-0.3, -0.25) is 5.32 Å². The number of carboxylic acid groups (broad SMARTS) is 1. The van der Waals surface area contributed by atoms with Gasteiger partial charge in [-0.05, 0) is 36.0 Å². The molecule has 1 rings (SSSR count). The Morgan fingerprint density at radius 2 is 1.62 bits per heavy atom. The minimum Gasteiger partial charge on any atom is -0.465 e. The minimum atomic E-state index is -1.02. The average Bonchev–Trinajstić information content (AvgIpc) is 2.09. The molecule has 0 atom stereocenters.